The average molecular weight is 463 g/mol. The number of hydrogen-bond acceptors (Lipinski definition) is 4. The van der Waals surface area contributed by atoms with Gasteiger partial charge in [0.15, 0.2) is 0 Å². The highest BCUT2D eigenvalue weighted by Crippen LogP contribution is 2.44. The first-order chi connectivity index (χ1) is 17.3. The molecular formula is C30H26N2O3. The molecule has 4 aromatic rings. The standard InChI is InChI=1S/C30H26N2O3/c33-30(35-19-27-25-11-3-1-9-23(25)24-10-2-4-12-26(24)27)32-18-28-29-20(14-16-34-28)7-5-13-22(29)21-8-6-15-31-17-21/h1-13,15,17,27-28H,14,16,18-19H2,(H,32,33). The van der Waals surface area contributed by atoms with Crippen molar-refractivity contribution in [3.05, 3.63) is 114 Å². The summed E-state index contributed by atoms with van der Waals surface area (Å²) in [6.45, 7) is 1.27. The molecule has 6 rings (SSSR count). The predicted octanol–water partition coefficient (Wildman–Crippen LogP) is 5.90. The molecule has 1 N–H and O–H groups in total. The lowest BCUT2D eigenvalue weighted by molar-refractivity contribution is 0.0414. The number of carbonyl (C=O) groups excluding carboxylic acids is 1. The summed E-state index contributed by atoms with van der Waals surface area (Å²) in [6.07, 6.45) is 3.81. The third-order valence-corrected chi connectivity index (χ3v) is 6.96. The van der Waals surface area contributed by atoms with E-state index in [2.05, 4.69) is 52.8 Å². The molecule has 1 amide bonds. The Bertz CT molecular complexity index is 1320. The van der Waals surface area contributed by atoms with E-state index in [1.807, 2.05) is 42.6 Å². The second kappa shape index (κ2) is 9.35. The fraction of sp³-hybridized carbons (Fsp3) is 0.200. The van der Waals surface area contributed by atoms with Gasteiger partial charge in [-0.3, -0.25) is 4.98 Å². The molecular weight excluding hydrogens is 436 g/mol. The van der Waals surface area contributed by atoms with Crippen LogP contribution >= 0.6 is 0 Å². The zero-order valence-electron chi connectivity index (χ0n) is 19.3. The van der Waals surface area contributed by atoms with Gasteiger partial charge >= 0.3 is 6.09 Å². The van der Waals surface area contributed by atoms with E-state index in [1.54, 1.807) is 6.20 Å². The van der Waals surface area contributed by atoms with Crippen LogP contribution in [0.4, 0.5) is 4.79 Å². The van der Waals surface area contributed by atoms with E-state index in [0.29, 0.717) is 19.8 Å². The van der Waals surface area contributed by atoms with Crippen molar-refractivity contribution in [3.63, 3.8) is 0 Å². The summed E-state index contributed by atoms with van der Waals surface area (Å²) in [7, 11) is 0. The van der Waals surface area contributed by atoms with Gasteiger partial charge in [-0.15, -0.1) is 0 Å². The van der Waals surface area contributed by atoms with Crippen LogP contribution in [0.15, 0.2) is 91.3 Å². The molecule has 174 valence electrons. The maximum absolute atomic E-state index is 12.7. The van der Waals surface area contributed by atoms with Gasteiger partial charge in [-0.25, -0.2) is 4.79 Å². The smallest absolute Gasteiger partial charge is 0.407 e. The zero-order valence-corrected chi connectivity index (χ0v) is 19.3. The summed E-state index contributed by atoms with van der Waals surface area (Å²) in [6, 6.07) is 27.0. The van der Waals surface area contributed by atoms with Crippen LogP contribution in [0.25, 0.3) is 22.3 Å². The topological polar surface area (TPSA) is 60.5 Å². The molecule has 0 radical (unpaired) electrons. The van der Waals surface area contributed by atoms with Crippen LogP contribution in [-0.2, 0) is 15.9 Å². The molecule has 2 aliphatic rings. The summed E-state index contributed by atoms with van der Waals surface area (Å²) < 4.78 is 11.8. The van der Waals surface area contributed by atoms with Crippen molar-refractivity contribution in [3.8, 4) is 22.3 Å². The molecule has 1 aliphatic carbocycles. The van der Waals surface area contributed by atoms with E-state index < -0.39 is 6.09 Å². The molecule has 35 heavy (non-hydrogen) atoms. The molecule has 3 aromatic carbocycles. The fourth-order valence-electron chi connectivity index (χ4n) is 5.37. The number of aromatic nitrogens is 1. The summed E-state index contributed by atoms with van der Waals surface area (Å²) >= 11 is 0. The first kappa shape index (κ1) is 21.6. The first-order valence-corrected chi connectivity index (χ1v) is 12.0. The Labute approximate surface area is 204 Å². The third kappa shape index (κ3) is 4.08. The average Bonchev–Trinajstić information content (AvgIpc) is 3.24. The number of alkyl carbamates (subject to hydrolysis) is 1. The van der Waals surface area contributed by atoms with Crippen LogP contribution in [0.5, 0.6) is 0 Å². The molecule has 1 unspecified atom stereocenters. The Hall–Kier alpha value is -3.96. The van der Waals surface area contributed by atoms with Crippen LogP contribution in [0.2, 0.25) is 0 Å². The van der Waals surface area contributed by atoms with Crippen LogP contribution in [0.3, 0.4) is 0 Å². The van der Waals surface area contributed by atoms with Crippen molar-refractivity contribution < 1.29 is 14.3 Å². The number of pyridine rings is 1. The molecule has 0 fully saturated rings. The monoisotopic (exact) mass is 462 g/mol. The van der Waals surface area contributed by atoms with Gasteiger partial charge in [0.05, 0.1) is 13.2 Å². The number of carbonyl (C=O) groups is 1. The molecule has 5 heteroatoms. The first-order valence-electron chi connectivity index (χ1n) is 12.0. The largest absolute Gasteiger partial charge is 0.449 e. The zero-order chi connectivity index (χ0) is 23.6. The van der Waals surface area contributed by atoms with Crippen LogP contribution in [0, 0.1) is 0 Å². The van der Waals surface area contributed by atoms with Crippen molar-refractivity contribution in [2.75, 3.05) is 19.8 Å². The minimum atomic E-state index is -0.429. The van der Waals surface area contributed by atoms with Gasteiger partial charge in [-0.1, -0.05) is 72.8 Å². The van der Waals surface area contributed by atoms with E-state index in [9.17, 15) is 4.79 Å². The van der Waals surface area contributed by atoms with E-state index >= 15 is 0 Å². The normalized spacial score (nSPS) is 16.2. The summed E-state index contributed by atoms with van der Waals surface area (Å²) in [4.78, 5) is 17.0. The molecule has 5 nitrogen and oxygen atoms in total. The van der Waals surface area contributed by atoms with Crippen molar-refractivity contribution in [1.82, 2.24) is 10.3 Å². The van der Waals surface area contributed by atoms with Gasteiger partial charge in [-0.05, 0) is 51.4 Å². The van der Waals surface area contributed by atoms with Gasteiger partial charge in [-0.2, -0.15) is 0 Å². The number of nitrogens with one attached hydrogen (secondary N) is 1. The Kier molecular flexibility index (Phi) is 5.76. The van der Waals surface area contributed by atoms with E-state index in [-0.39, 0.29) is 12.0 Å². The maximum Gasteiger partial charge on any atom is 0.407 e. The number of amides is 1. The summed E-state index contributed by atoms with van der Waals surface area (Å²) in [5.74, 6) is 0.0389. The van der Waals surface area contributed by atoms with Crippen molar-refractivity contribution in [2.45, 2.75) is 18.4 Å². The van der Waals surface area contributed by atoms with Gasteiger partial charge in [0.1, 0.15) is 12.7 Å². The number of ether oxygens (including phenoxy) is 2. The lowest BCUT2D eigenvalue weighted by atomic mass is 9.89. The molecule has 0 spiro atoms. The van der Waals surface area contributed by atoms with Crippen LogP contribution < -0.4 is 5.32 Å². The third-order valence-electron chi connectivity index (χ3n) is 6.96. The second-order valence-corrected chi connectivity index (χ2v) is 8.94. The molecule has 1 aliphatic heterocycles. The molecule has 2 heterocycles. The van der Waals surface area contributed by atoms with Crippen molar-refractivity contribution in [2.24, 2.45) is 0 Å². The fourth-order valence-corrected chi connectivity index (χ4v) is 5.37. The van der Waals surface area contributed by atoms with E-state index in [1.165, 1.54) is 27.8 Å². The van der Waals surface area contributed by atoms with E-state index in [0.717, 1.165) is 23.1 Å². The molecule has 0 saturated carbocycles. The van der Waals surface area contributed by atoms with Crippen LogP contribution in [-0.4, -0.2) is 30.8 Å². The van der Waals surface area contributed by atoms with Crippen molar-refractivity contribution in [1.29, 1.82) is 0 Å². The minimum Gasteiger partial charge on any atom is -0.449 e. The molecule has 0 saturated heterocycles. The number of benzene rings is 3. The van der Waals surface area contributed by atoms with Crippen LogP contribution in [0.1, 0.15) is 34.3 Å². The Morgan fingerprint density at radius 3 is 2.40 bits per heavy atom. The maximum atomic E-state index is 12.7. The molecule has 0 bridgehead atoms. The van der Waals surface area contributed by atoms with Gasteiger partial charge in [0.2, 0.25) is 0 Å². The quantitative estimate of drug-likeness (QED) is 0.401. The molecule has 1 aromatic heterocycles. The Morgan fingerprint density at radius 2 is 1.66 bits per heavy atom. The van der Waals surface area contributed by atoms with Gasteiger partial charge in [0.25, 0.3) is 0 Å². The lowest BCUT2D eigenvalue weighted by Gasteiger charge is -2.28. The number of rotatable bonds is 5. The van der Waals surface area contributed by atoms with E-state index in [4.69, 9.17) is 9.47 Å². The van der Waals surface area contributed by atoms with Gasteiger partial charge in [0, 0.05) is 23.9 Å². The summed E-state index contributed by atoms with van der Waals surface area (Å²) in [5.41, 5.74) is 9.33. The number of hydrogen-bond donors (Lipinski definition) is 1. The minimum absolute atomic E-state index is 0.0389. The second-order valence-electron chi connectivity index (χ2n) is 8.94. The Morgan fingerprint density at radius 1 is 0.914 bits per heavy atom. The Balaban J connectivity index is 1.15. The predicted molar refractivity (Wildman–Crippen MR) is 135 cm³/mol. The summed E-state index contributed by atoms with van der Waals surface area (Å²) in [5, 5.41) is 2.94. The highest BCUT2D eigenvalue weighted by atomic mass is 16.5. The number of nitrogens with zero attached hydrogens (tertiary/aromatic N) is 1. The number of fused-ring (bicyclic) bond motifs is 4. The SMILES string of the molecule is O=C(NCC1OCCc2cccc(-c3cccnc3)c21)OCC1c2ccccc2-c2ccccc21. The lowest BCUT2D eigenvalue weighted by Crippen LogP contribution is -2.33. The molecule has 1 atom stereocenters. The highest BCUT2D eigenvalue weighted by Gasteiger charge is 2.29. The van der Waals surface area contributed by atoms with Crippen molar-refractivity contribution >= 4 is 6.09 Å². The highest BCUT2D eigenvalue weighted by molar-refractivity contribution is 5.79. The van der Waals surface area contributed by atoms with Gasteiger partial charge < -0.3 is 14.8 Å².